The van der Waals surface area contributed by atoms with E-state index >= 15 is 0 Å². The Morgan fingerprint density at radius 2 is 2.04 bits per heavy atom. The Kier molecular flexibility index (Phi) is 5.51. The first kappa shape index (κ1) is 17.9. The normalized spacial score (nSPS) is 11.3. The SMILES string of the molecule is Cc1ccc(Oc2ccc([N+](=O)[O-])c(CCCC(C)(C)O)c2)nc1. The summed E-state index contributed by atoms with van der Waals surface area (Å²) in [7, 11) is 0. The number of aromatic nitrogens is 1. The number of pyridine rings is 1. The lowest BCUT2D eigenvalue weighted by molar-refractivity contribution is -0.385. The van der Waals surface area contributed by atoms with E-state index in [9.17, 15) is 15.2 Å². The highest BCUT2D eigenvalue weighted by Crippen LogP contribution is 2.28. The smallest absolute Gasteiger partial charge is 0.272 e. The van der Waals surface area contributed by atoms with Crippen LogP contribution < -0.4 is 4.74 Å². The van der Waals surface area contributed by atoms with Crippen molar-refractivity contribution in [2.75, 3.05) is 0 Å². The van der Waals surface area contributed by atoms with Gasteiger partial charge in [0.2, 0.25) is 5.88 Å². The predicted octanol–water partition coefficient (Wildman–Crippen LogP) is 4.18. The molecule has 0 atom stereocenters. The third-order valence-corrected chi connectivity index (χ3v) is 3.59. The van der Waals surface area contributed by atoms with Gasteiger partial charge in [-0.05, 0) is 57.7 Å². The maximum absolute atomic E-state index is 11.2. The molecule has 0 fully saturated rings. The first-order chi connectivity index (χ1) is 11.2. The molecule has 2 rings (SSSR count). The Morgan fingerprint density at radius 3 is 2.62 bits per heavy atom. The lowest BCUT2D eigenvalue weighted by Gasteiger charge is -2.16. The van der Waals surface area contributed by atoms with E-state index < -0.39 is 10.5 Å². The maximum atomic E-state index is 11.2. The molecule has 0 saturated heterocycles. The topological polar surface area (TPSA) is 85.5 Å². The standard InChI is InChI=1S/C18H22N2O4/c1-13-6-9-17(19-12-13)24-15-7-8-16(20(22)23)14(11-15)5-4-10-18(2,3)21/h6-9,11-12,21H,4-5,10H2,1-3H3. The third-order valence-electron chi connectivity index (χ3n) is 3.59. The molecule has 128 valence electrons. The molecular formula is C18H22N2O4. The maximum Gasteiger partial charge on any atom is 0.272 e. The fourth-order valence-electron chi connectivity index (χ4n) is 2.35. The second kappa shape index (κ2) is 7.40. The Morgan fingerprint density at radius 1 is 1.29 bits per heavy atom. The fourth-order valence-corrected chi connectivity index (χ4v) is 2.35. The van der Waals surface area contributed by atoms with Gasteiger partial charge in [-0.15, -0.1) is 0 Å². The van der Waals surface area contributed by atoms with Crippen molar-refractivity contribution in [1.82, 2.24) is 4.98 Å². The van der Waals surface area contributed by atoms with E-state index in [4.69, 9.17) is 4.74 Å². The summed E-state index contributed by atoms with van der Waals surface area (Å²) in [5, 5.41) is 21.0. The number of rotatable bonds is 7. The van der Waals surface area contributed by atoms with Gasteiger partial charge < -0.3 is 9.84 Å². The largest absolute Gasteiger partial charge is 0.439 e. The molecule has 1 heterocycles. The Balaban J connectivity index is 2.17. The van der Waals surface area contributed by atoms with Crippen molar-refractivity contribution < 1.29 is 14.8 Å². The van der Waals surface area contributed by atoms with Crippen LogP contribution in [-0.4, -0.2) is 20.6 Å². The van der Waals surface area contributed by atoms with Crippen LogP contribution >= 0.6 is 0 Å². The lowest BCUT2D eigenvalue weighted by atomic mass is 9.98. The van der Waals surface area contributed by atoms with Crippen LogP contribution in [0.4, 0.5) is 5.69 Å². The van der Waals surface area contributed by atoms with Crippen molar-refractivity contribution in [3.63, 3.8) is 0 Å². The molecule has 0 saturated carbocycles. The van der Waals surface area contributed by atoms with Gasteiger partial charge in [0.15, 0.2) is 0 Å². The van der Waals surface area contributed by atoms with Gasteiger partial charge in [0, 0.05) is 23.9 Å². The van der Waals surface area contributed by atoms with Crippen LogP contribution in [0.25, 0.3) is 0 Å². The third kappa shape index (κ3) is 5.31. The number of nitrogens with zero attached hydrogens (tertiary/aromatic N) is 2. The van der Waals surface area contributed by atoms with Crippen LogP contribution in [0.5, 0.6) is 11.6 Å². The summed E-state index contributed by atoms with van der Waals surface area (Å²) >= 11 is 0. The number of nitro benzene ring substituents is 1. The van der Waals surface area contributed by atoms with E-state index in [0.29, 0.717) is 36.5 Å². The van der Waals surface area contributed by atoms with E-state index in [1.165, 1.54) is 6.07 Å². The van der Waals surface area contributed by atoms with Gasteiger partial charge in [-0.1, -0.05) is 6.07 Å². The zero-order valence-corrected chi connectivity index (χ0v) is 14.2. The van der Waals surface area contributed by atoms with Crippen LogP contribution in [0.3, 0.4) is 0 Å². The molecule has 1 aromatic carbocycles. The molecule has 0 spiro atoms. The fraction of sp³-hybridized carbons (Fsp3) is 0.389. The number of ether oxygens (including phenoxy) is 1. The van der Waals surface area contributed by atoms with Gasteiger partial charge in [-0.2, -0.15) is 0 Å². The number of nitro groups is 1. The lowest BCUT2D eigenvalue weighted by Crippen LogP contribution is -2.18. The monoisotopic (exact) mass is 330 g/mol. The highest BCUT2D eigenvalue weighted by Gasteiger charge is 2.17. The summed E-state index contributed by atoms with van der Waals surface area (Å²) in [6.07, 6.45) is 3.41. The van der Waals surface area contributed by atoms with Crippen LogP contribution in [0, 0.1) is 17.0 Å². The summed E-state index contributed by atoms with van der Waals surface area (Å²) in [5.74, 6) is 0.951. The van der Waals surface area contributed by atoms with E-state index in [2.05, 4.69) is 4.98 Å². The van der Waals surface area contributed by atoms with Gasteiger partial charge in [0.25, 0.3) is 5.69 Å². The summed E-state index contributed by atoms with van der Waals surface area (Å²) in [6.45, 7) is 5.39. The van der Waals surface area contributed by atoms with E-state index in [0.717, 1.165) is 5.56 Å². The number of aryl methyl sites for hydroxylation is 2. The molecule has 24 heavy (non-hydrogen) atoms. The number of aliphatic hydroxyl groups is 1. The molecule has 0 aliphatic heterocycles. The van der Waals surface area contributed by atoms with Crippen molar-refractivity contribution in [2.45, 2.75) is 45.6 Å². The molecule has 0 aliphatic carbocycles. The van der Waals surface area contributed by atoms with Crippen molar-refractivity contribution >= 4 is 5.69 Å². The minimum absolute atomic E-state index is 0.0648. The van der Waals surface area contributed by atoms with Crippen LogP contribution in [-0.2, 0) is 6.42 Å². The van der Waals surface area contributed by atoms with Crippen LogP contribution in [0.1, 0.15) is 37.8 Å². The van der Waals surface area contributed by atoms with Crippen molar-refractivity contribution in [1.29, 1.82) is 0 Å². The first-order valence-corrected chi connectivity index (χ1v) is 7.85. The van der Waals surface area contributed by atoms with Crippen LogP contribution in [0.15, 0.2) is 36.5 Å². The van der Waals surface area contributed by atoms with Gasteiger partial charge in [0.1, 0.15) is 5.75 Å². The molecule has 1 aromatic heterocycles. The zero-order valence-electron chi connectivity index (χ0n) is 14.2. The van der Waals surface area contributed by atoms with Crippen molar-refractivity contribution in [3.8, 4) is 11.6 Å². The molecule has 0 amide bonds. The zero-order chi connectivity index (χ0) is 17.7. The highest BCUT2D eigenvalue weighted by atomic mass is 16.6. The van der Waals surface area contributed by atoms with Gasteiger partial charge in [0.05, 0.1) is 10.5 Å². The van der Waals surface area contributed by atoms with Crippen LogP contribution in [0.2, 0.25) is 0 Å². The predicted molar refractivity (Wildman–Crippen MR) is 91.4 cm³/mol. The molecule has 0 unspecified atom stereocenters. The molecule has 0 bridgehead atoms. The average Bonchev–Trinajstić information content (AvgIpc) is 2.48. The number of benzene rings is 1. The highest BCUT2D eigenvalue weighted by molar-refractivity contribution is 5.46. The summed E-state index contributed by atoms with van der Waals surface area (Å²) in [5.41, 5.74) is 0.900. The van der Waals surface area contributed by atoms with E-state index in [-0.39, 0.29) is 5.69 Å². The van der Waals surface area contributed by atoms with Crippen molar-refractivity contribution in [3.05, 3.63) is 57.8 Å². The molecule has 2 aromatic rings. The quantitative estimate of drug-likeness (QED) is 0.608. The minimum Gasteiger partial charge on any atom is -0.439 e. The summed E-state index contributed by atoms with van der Waals surface area (Å²) in [4.78, 5) is 15.0. The molecule has 6 nitrogen and oxygen atoms in total. The van der Waals surface area contributed by atoms with Gasteiger partial charge in [-0.3, -0.25) is 10.1 Å². The average molecular weight is 330 g/mol. The summed E-state index contributed by atoms with van der Waals surface area (Å²) in [6, 6.07) is 8.33. The second-order valence-corrected chi connectivity index (χ2v) is 6.49. The molecule has 0 aliphatic rings. The minimum atomic E-state index is -0.783. The molecular weight excluding hydrogens is 308 g/mol. The Labute approximate surface area is 141 Å². The number of hydrogen-bond acceptors (Lipinski definition) is 5. The second-order valence-electron chi connectivity index (χ2n) is 6.49. The molecule has 6 heteroatoms. The first-order valence-electron chi connectivity index (χ1n) is 7.85. The van der Waals surface area contributed by atoms with Gasteiger partial charge >= 0.3 is 0 Å². The Bertz CT molecular complexity index is 706. The van der Waals surface area contributed by atoms with Crippen molar-refractivity contribution in [2.24, 2.45) is 0 Å². The van der Waals surface area contributed by atoms with Gasteiger partial charge in [-0.25, -0.2) is 4.98 Å². The van der Waals surface area contributed by atoms with E-state index in [1.54, 1.807) is 38.2 Å². The van der Waals surface area contributed by atoms with E-state index in [1.807, 2.05) is 13.0 Å². The Hall–Kier alpha value is -2.47. The molecule has 0 radical (unpaired) electrons. The molecule has 1 N–H and O–H groups in total. The summed E-state index contributed by atoms with van der Waals surface area (Å²) < 4.78 is 5.67. The number of hydrogen-bond donors (Lipinski definition) is 1.